The standard InChI is InChI=1S/C21H17N3O3/c1-26-18-10-7-16(8-11-18)20-22-21(27-23-20)17-9-12-19(25)24(14-17)13-15-5-3-2-4-6-15/h2-12,14H,13H2,1H3. The predicted molar refractivity (Wildman–Crippen MR) is 102 cm³/mol. The molecule has 0 radical (unpaired) electrons. The Morgan fingerprint density at radius 2 is 1.70 bits per heavy atom. The fraction of sp³-hybridized carbons (Fsp3) is 0.0952. The highest BCUT2D eigenvalue weighted by molar-refractivity contribution is 5.59. The molecular formula is C21H17N3O3. The van der Waals surface area contributed by atoms with Crippen molar-refractivity contribution < 1.29 is 9.26 Å². The molecule has 2 aromatic heterocycles. The number of nitrogens with zero attached hydrogens (tertiary/aromatic N) is 3. The van der Waals surface area contributed by atoms with Crippen LogP contribution in [0.5, 0.6) is 5.75 Å². The molecular weight excluding hydrogens is 342 g/mol. The molecule has 0 unspecified atom stereocenters. The minimum absolute atomic E-state index is 0.0857. The van der Waals surface area contributed by atoms with E-state index in [-0.39, 0.29) is 5.56 Å². The lowest BCUT2D eigenvalue weighted by atomic mass is 10.2. The van der Waals surface area contributed by atoms with Crippen molar-refractivity contribution in [2.45, 2.75) is 6.54 Å². The highest BCUT2D eigenvalue weighted by atomic mass is 16.5. The molecule has 0 aliphatic rings. The molecule has 6 heteroatoms. The van der Waals surface area contributed by atoms with E-state index in [0.29, 0.717) is 23.8 Å². The Balaban J connectivity index is 1.63. The van der Waals surface area contributed by atoms with E-state index in [4.69, 9.17) is 9.26 Å². The van der Waals surface area contributed by atoms with Crippen LogP contribution in [0.1, 0.15) is 5.56 Å². The molecule has 0 aliphatic heterocycles. The Bertz CT molecular complexity index is 1100. The van der Waals surface area contributed by atoms with Crippen molar-refractivity contribution in [3.8, 4) is 28.6 Å². The summed E-state index contributed by atoms with van der Waals surface area (Å²) >= 11 is 0. The fourth-order valence-corrected chi connectivity index (χ4v) is 2.76. The molecule has 0 fully saturated rings. The van der Waals surface area contributed by atoms with Gasteiger partial charge in [-0.2, -0.15) is 4.98 Å². The van der Waals surface area contributed by atoms with Crippen molar-refractivity contribution in [3.63, 3.8) is 0 Å². The number of aromatic nitrogens is 3. The topological polar surface area (TPSA) is 70.2 Å². The minimum atomic E-state index is -0.0857. The summed E-state index contributed by atoms with van der Waals surface area (Å²) < 4.78 is 12.2. The van der Waals surface area contributed by atoms with E-state index in [1.807, 2.05) is 54.6 Å². The van der Waals surface area contributed by atoms with E-state index >= 15 is 0 Å². The number of rotatable bonds is 5. The van der Waals surface area contributed by atoms with Gasteiger partial charge in [-0.15, -0.1) is 0 Å². The van der Waals surface area contributed by atoms with Crippen LogP contribution in [0.2, 0.25) is 0 Å². The summed E-state index contributed by atoms with van der Waals surface area (Å²) in [5, 5.41) is 4.04. The Morgan fingerprint density at radius 3 is 2.44 bits per heavy atom. The zero-order valence-electron chi connectivity index (χ0n) is 14.7. The molecule has 0 saturated heterocycles. The van der Waals surface area contributed by atoms with Crippen LogP contribution in [0.4, 0.5) is 0 Å². The summed E-state index contributed by atoms with van der Waals surface area (Å²) in [5.74, 6) is 1.60. The lowest BCUT2D eigenvalue weighted by molar-refractivity contribution is 0.415. The second kappa shape index (κ2) is 7.29. The summed E-state index contributed by atoms with van der Waals surface area (Å²) in [6, 6.07) is 20.4. The van der Waals surface area contributed by atoms with Crippen molar-refractivity contribution in [2.24, 2.45) is 0 Å². The van der Waals surface area contributed by atoms with Crippen molar-refractivity contribution in [3.05, 3.63) is 88.8 Å². The summed E-state index contributed by atoms with van der Waals surface area (Å²) in [5.41, 5.74) is 2.47. The van der Waals surface area contributed by atoms with Crippen LogP contribution in [0.3, 0.4) is 0 Å². The van der Waals surface area contributed by atoms with Gasteiger partial charge in [0, 0.05) is 17.8 Å². The van der Waals surface area contributed by atoms with Crippen molar-refractivity contribution >= 4 is 0 Å². The van der Waals surface area contributed by atoms with Crippen LogP contribution in [-0.2, 0) is 6.54 Å². The average molecular weight is 359 g/mol. The zero-order valence-corrected chi connectivity index (χ0v) is 14.7. The molecule has 2 aromatic carbocycles. The van der Waals surface area contributed by atoms with Crippen LogP contribution in [0, 0.1) is 0 Å². The van der Waals surface area contributed by atoms with E-state index in [9.17, 15) is 4.79 Å². The molecule has 4 rings (SSSR count). The van der Waals surface area contributed by atoms with E-state index in [0.717, 1.165) is 16.9 Å². The number of pyridine rings is 1. The van der Waals surface area contributed by atoms with E-state index in [1.54, 1.807) is 23.9 Å². The first kappa shape index (κ1) is 16.8. The number of hydrogen-bond acceptors (Lipinski definition) is 5. The largest absolute Gasteiger partial charge is 0.497 e. The van der Waals surface area contributed by atoms with Crippen LogP contribution < -0.4 is 10.3 Å². The Labute approximate surface area is 155 Å². The summed E-state index contributed by atoms with van der Waals surface area (Å²) in [6.07, 6.45) is 1.74. The van der Waals surface area contributed by atoms with Crippen LogP contribution in [-0.4, -0.2) is 21.8 Å². The van der Waals surface area contributed by atoms with Gasteiger partial charge in [-0.25, -0.2) is 0 Å². The molecule has 6 nitrogen and oxygen atoms in total. The molecule has 0 aliphatic carbocycles. The van der Waals surface area contributed by atoms with Crippen LogP contribution in [0.15, 0.2) is 82.2 Å². The first-order valence-corrected chi connectivity index (χ1v) is 8.46. The van der Waals surface area contributed by atoms with Gasteiger partial charge in [0.2, 0.25) is 5.82 Å². The van der Waals surface area contributed by atoms with E-state index in [1.165, 1.54) is 6.07 Å². The normalized spacial score (nSPS) is 10.7. The first-order valence-electron chi connectivity index (χ1n) is 8.46. The number of hydrogen-bond donors (Lipinski definition) is 0. The number of ether oxygens (including phenoxy) is 1. The highest BCUT2D eigenvalue weighted by Gasteiger charge is 2.12. The lowest BCUT2D eigenvalue weighted by Gasteiger charge is -2.06. The highest BCUT2D eigenvalue weighted by Crippen LogP contribution is 2.23. The molecule has 134 valence electrons. The molecule has 0 N–H and O–H groups in total. The zero-order chi connectivity index (χ0) is 18.6. The van der Waals surface area contributed by atoms with Gasteiger partial charge in [0.25, 0.3) is 11.4 Å². The van der Waals surface area contributed by atoms with Gasteiger partial charge in [0.1, 0.15) is 5.75 Å². The van der Waals surface area contributed by atoms with Crippen molar-refractivity contribution in [1.29, 1.82) is 0 Å². The van der Waals surface area contributed by atoms with Crippen molar-refractivity contribution in [1.82, 2.24) is 14.7 Å². The maximum absolute atomic E-state index is 12.2. The molecule has 27 heavy (non-hydrogen) atoms. The van der Waals surface area contributed by atoms with Crippen LogP contribution >= 0.6 is 0 Å². The van der Waals surface area contributed by atoms with Gasteiger partial charge in [-0.1, -0.05) is 35.5 Å². The molecule has 0 bridgehead atoms. The maximum Gasteiger partial charge on any atom is 0.259 e. The fourth-order valence-electron chi connectivity index (χ4n) is 2.76. The lowest BCUT2D eigenvalue weighted by Crippen LogP contribution is -2.19. The maximum atomic E-state index is 12.2. The van der Waals surface area contributed by atoms with Crippen LogP contribution in [0.25, 0.3) is 22.8 Å². The molecule has 0 spiro atoms. The Hall–Kier alpha value is -3.67. The number of benzene rings is 2. The molecule has 4 aromatic rings. The second-order valence-electron chi connectivity index (χ2n) is 6.02. The smallest absolute Gasteiger partial charge is 0.259 e. The van der Waals surface area contributed by atoms with Gasteiger partial charge in [0.15, 0.2) is 0 Å². The molecule has 0 atom stereocenters. The molecule has 2 heterocycles. The SMILES string of the molecule is COc1ccc(-c2noc(-c3ccc(=O)n(Cc4ccccc4)c3)n2)cc1. The van der Waals surface area contributed by atoms with Gasteiger partial charge in [0.05, 0.1) is 19.2 Å². The average Bonchev–Trinajstić information content (AvgIpc) is 3.21. The first-order chi connectivity index (χ1) is 13.2. The Kier molecular flexibility index (Phi) is 4.53. The quantitative estimate of drug-likeness (QED) is 0.544. The minimum Gasteiger partial charge on any atom is -0.497 e. The predicted octanol–water partition coefficient (Wildman–Crippen LogP) is 3.62. The van der Waals surface area contributed by atoms with Crippen molar-refractivity contribution in [2.75, 3.05) is 7.11 Å². The molecule has 0 amide bonds. The van der Waals surface area contributed by atoms with Gasteiger partial charge < -0.3 is 13.8 Å². The Morgan fingerprint density at radius 1 is 0.963 bits per heavy atom. The van der Waals surface area contributed by atoms with Gasteiger partial charge >= 0.3 is 0 Å². The third kappa shape index (κ3) is 3.64. The van der Waals surface area contributed by atoms with E-state index < -0.39 is 0 Å². The third-order valence-electron chi connectivity index (χ3n) is 4.20. The summed E-state index contributed by atoms with van der Waals surface area (Å²) in [6.45, 7) is 0.479. The second-order valence-corrected chi connectivity index (χ2v) is 6.02. The van der Waals surface area contributed by atoms with E-state index in [2.05, 4.69) is 10.1 Å². The monoisotopic (exact) mass is 359 g/mol. The number of methoxy groups -OCH3 is 1. The van der Waals surface area contributed by atoms with Gasteiger partial charge in [-0.05, 0) is 35.9 Å². The summed E-state index contributed by atoms with van der Waals surface area (Å²) in [7, 11) is 1.62. The third-order valence-corrected chi connectivity index (χ3v) is 4.20. The molecule has 0 saturated carbocycles. The summed E-state index contributed by atoms with van der Waals surface area (Å²) in [4.78, 5) is 16.6. The van der Waals surface area contributed by atoms with Gasteiger partial charge in [-0.3, -0.25) is 4.79 Å².